The van der Waals surface area contributed by atoms with Crippen LogP contribution >= 0.6 is 0 Å². The lowest BCUT2D eigenvalue weighted by atomic mass is 9.88. The van der Waals surface area contributed by atoms with Gasteiger partial charge < -0.3 is 14.7 Å². The van der Waals surface area contributed by atoms with E-state index in [1.165, 1.54) is 36.3 Å². The van der Waals surface area contributed by atoms with Crippen LogP contribution in [0.5, 0.6) is 0 Å². The van der Waals surface area contributed by atoms with Crippen LogP contribution in [0.4, 0.5) is 5.69 Å². The number of nitro groups is 1. The number of carbonyl (C=O) groups excluding carboxylic acids is 1. The van der Waals surface area contributed by atoms with Crippen molar-refractivity contribution in [1.82, 2.24) is 4.90 Å². The number of hydrogen-bond donors (Lipinski definition) is 1. The van der Waals surface area contributed by atoms with Crippen LogP contribution in [-0.2, 0) is 9.53 Å². The van der Waals surface area contributed by atoms with E-state index in [0.29, 0.717) is 0 Å². The standard InChI is InChI=1S/C14H16N2O6/c1-22-9-14(13(18)19)5-6-15(8-14)12(17)10-3-2-4-11(7-10)16(20)21/h2-4,7H,5-6,8-9H2,1H3,(H,18,19). The van der Waals surface area contributed by atoms with Crippen LogP contribution < -0.4 is 0 Å². The molecule has 0 aromatic heterocycles. The molecule has 1 aliphatic rings. The average molecular weight is 308 g/mol. The topological polar surface area (TPSA) is 110 Å². The second-order valence-corrected chi connectivity index (χ2v) is 5.30. The van der Waals surface area contributed by atoms with Crippen molar-refractivity contribution in [3.8, 4) is 0 Å². The van der Waals surface area contributed by atoms with E-state index in [1.807, 2.05) is 0 Å². The molecule has 0 bridgehead atoms. The van der Waals surface area contributed by atoms with Crippen molar-refractivity contribution in [3.63, 3.8) is 0 Å². The van der Waals surface area contributed by atoms with E-state index < -0.39 is 22.2 Å². The first kappa shape index (κ1) is 15.9. The number of benzene rings is 1. The third kappa shape index (κ3) is 2.91. The third-order valence-electron chi connectivity index (χ3n) is 3.82. The molecule has 0 saturated carbocycles. The summed E-state index contributed by atoms with van der Waals surface area (Å²) in [6.45, 7) is 0.315. The van der Waals surface area contributed by atoms with Gasteiger partial charge in [-0.1, -0.05) is 6.07 Å². The number of non-ortho nitro benzene ring substituents is 1. The summed E-state index contributed by atoms with van der Waals surface area (Å²) in [4.78, 5) is 35.4. The van der Waals surface area contributed by atoms with Gasteiger partial charge >= 0.3 is 5.97 Å². The number of methoxy groups -OCH3 is 1. The van der Waals surface area contributed by atoms with Crippen LogP contribution in [0.1, 0.15) is 16.8 Å². The summed E-state index contributed by atoms with van der Waals surface area (Å²) in [6.07, 6.45) is 0.289. The lowest BCUT2D eigenvalue weighted by molar-refractivity contribution is -0.384. The van der Waals surface area contributed by atoms with Crippen LogP contribution in [0.25, 0.3) is 0 Å². The number of hydrogen-bond acceptors (Lipinski definition) is 5. The molecule has 1 amide bonds. The van der Waals surface area contributed by atoms with Crippen LogP contribution in [-0.4, -0.2) is 53.6 Å². The Balaban J connectivity index is 2.19. The molecule has 22 heavy (non-hydrogen) atoms. The molecule has 0 aliphatic carbocycles. The quantitative estimate of drug-likeness (QED) is 0.645. The fraction of sp³-hybridized carbons (Fsp3) is 0.429. The van der Waals surface area contributed by atoms with Crippen molar-refractivity contribution in [2.45, 2.75) is 6.42 Å². The Hall–Kier alpha value is -2.48. The number of carboxylic acid groups (broad SMARTS) is 1. The summed E-state index contributed by atoms with van der Waals surface area (Å²) in [7, 11) is 1.41. The van der Waals surface area contributed by atoms with Gasteiger partial charge in [0.05, 0.1) is 11.5 Å². The Morgan fingerprint density at radius 3 is 2.82 bits per heavy atom. The maximum atomic E-state index is 12.4. The van der Waals surface area contributed by atoms with Crippen molar-refractivity contribution >= 4 is 17.6 Å². The molecule has 0 spiro atoms. The smallest absolute Gasteiger partial charge is 0.313 e. The Morgan fingerprint density at radius 1 is 1.50 bits per heavy atom. The van der Waals surface area contributed by atoms with Gasteiger partial charge in [0.2, 0.25) is 0 Å². The number of nitrogens with zero attached hydrogens (tertiary/aromatic N) is 2. The molecule has 1 N–H and O–H groups in total. The fourth-order valence-corrected chi connectivity index (χ4v) is 2.61. The third-order valence-corrected chi connectivity index (χ3v) is 3.82. The van der Waals surface area contributed by atoms with Gasteiger partial charge in [-0.15, -0.1) is 0 Å². The minimum atomic E-state index is -1.12. The number of ether oxygens (including phenoxy) is 1. The van der Waals surface area contributed by atoms with Crippen molar-refractivity contribution in [3.05, 3.63) is 39.9 Å². The predicted octanol–water partition coefficient (Wildman–Crippen LogP) is 1.16. The molecule has 1 aliphatic heterocycles. The molecule has 0 radical (unpaired) electrons. The van der Waals surface area contributed by atoms with Crippen LogP contribution in [0.3, 0.4) is 0 Å². The lowest BCUT2D eigenvalue weighted by Crippen LogP contribution is -2.40. The Morgan fingerprint density at radius 2 is 2.23 bits per heavy atom. The Bertz CT molecular complexity index is 617. The molecule has 8 heteroatoms. The highest BCUT2D eigenvalue weighted by Crippen LogP contribution is 2.32. The molecule has 1 atom stereocenters. The number of nitro benzene ring substituents is 1. The highest BCUT2D eigenvalue weighted by Gasteiger charge is 2.46. The molecule has 2 rings (SSSR count). The summed E-state index contributed by atoms with van der Waals surface area (Å²) in [5.41, 5.74) is -1.12. The first-order chi connectivity index (χ1) is 10.4. The second-order valence-electron chi connectivity index (χ2n) is 5.30. The maximum Gasteiger partial charge on any atom is 0.313 e. The monoisotopic (exact) mass is 308 g/mol. The van der Waals surface area contributed by atoms with Crippen LogP contribution in [0.2, 0.25) is 0 Å². The zero-order valence-electron chi connectivity index (χ0n) is 12.0. The molecule has 1 aromatic carbocycles. The van der Waals surface area contributed by atoms with Crippen molar-refractivity contribution < 1.29 is 24.4 Å². The number of rotatable bonds is 5. The zero-order chi connectivity index (χ0) is 16.3. The minimum absolute atomic E-state index is 0.0149. The molecule has 1 aromatic rings. The van der Waals surface area contributed by atoms with Crippen molar-refractivity contribution in [2.75, 3.05) is 26.8 Å². The summed E-state index contributed by atoms with van der Waals surface area (Å²) in [5, 5.41) is 20.1. The molecular weight excluding hydrogens is 292 g/mol. The van der Waals surface area contributed by atoms with E-state index in [4.69, 9.17) is 4.74 Å². The molecule has 1 fully saturated rings. The maximum absolute atomic E-state index is 12.4. The highest BCUT2D eigenvalue weighted by atomic mass is 16.6. The van der Waals surface area contributed by atoms with Gasteiger partial charge in [0.25, 0.3) is 11.6 Å². The van der Waals surface area contributed by atoms with E-state index >= 15 is 0 Å². The average Bonchev–Trinajstić information content (AvgIpc) is 2.92. The van der Waals surface area contributed by atoms with Gasteiger partial charge in [0, 0.05) is 37.9 Å². The minimum Gasteiger partial charge on any atom is -0.481 e. The highest BCUT2D eigenvalue weighted by molar-refractivity contribution is 5.95. The number of aliphatic carboxylic acids is 1. The molecule has 1 unspecified atom stereocenters. The van der Waals surface area contributed by atoms with Crippen LogP contribution in [0.15, 0.2) is 24.3 Å². The van der Waals surface area contributed by atoms with Crippen molar-refractivity contribution in [2.24, 2.45) is 5.41 Å². The van der Waals surface area contributed by atoms with Gasteiger partial charge in [-0.2, -0.15) is 0 Å². The number of carbonyl (C=O) groups is 2. The molecule has 118 valence electrons. The molecular formula is C14H16N2O6. The Kier molecular flexibility index (Phi) is 4.41. The summed E-state index contributed by atoms with van der Waals surface area (Å²) in [5.74, 6) is -1.42. The van der Waals surface area contributed by atoms with Gasteiger partial charge in [0.1, 0.15) is 5.41 Å². The largest absolute Gasteiger partial charge is 0.481 e. The second kappa shape index (κ2) is 6.10. The van der Waals surface area contributed by atoms with Gasteiger partial charge in [-0.25, -0.2) is 0 Å². The van der Waals surface area contributed by atoms with E-state index in [1.54, 1.807) is 0 Å². The SMILES string of the molecule is COCC1(C(=O)O)CCN(C(=O)c2cccc([N+](=O)[O-])c2)C1. The molecule has 1 heterocycles. The summed E-state index contributed by atoms with van der Waals surface area (Å²) in [6, 6.07) is 5.40. The number of amides is 1. The van der Waals surface area contributed by atoms with Crippen molar-refractivity contribution in [1.29, 1.82) is 0 Å². The van der Waals surface area contributed by atoms with E-state index in [9.17, 15) is 24.8 Å². The van der Waals surface area contributed by atoms with Crippen LogP contribution in [0, 0.1) is 15.5 Å². The van der Waals surface area contributed by atoms with E-state index in [-0.39, 0.29) is 37.4 Å². The van der Waals surface area contributed by atoms with Gasteiger partial charge in [-0.3, -0.25) is 19.7 Å². The Labute approximate surface area is 126 Å². The fourth-order valence-electron chi connectivity index (χ4n) is 2.61. The lowest BCUT2D eigenvalue weighted by Gasteiger charge is -2.23. The molecule has 1 saturated heterocycles. The number of carboxylic acids is 1. The normalized spacial score (nSPS) is 20.9. The first-order valence-electron chi connectivity index (χ1n) is 6.66. The summed E-state index contributed by atoms with van der Waals surface area (Å²) < 4.78 is 4.97. The number of likely N-dealkylation sites (tertiary alicyclic amines) is 1. The zero-order valence-corrected chi connectivity index (χ0v) is 12.0. The molecule has 8 nitrogen and oxygen atoms in total. The van der Waals surface area contributed by atoms with E-state index in [0.717, 1.165) is 0 Å². The summed E-state index contributed by atoms with van der Waals surface area (Å²) >= 11 is 0. The van der Waals surface area contributed by atoms with Gasteiger partial charge in [-0.05, 0) is 12.5 Å². The van der Waals surface area contributed by atoms with E-state index in [2.05, 4.69) is 0 Å². The van der Waals surface area contributed by atoms with Gasteiger partial charge in [0.15, 0.2) is 0 Å². The first-order valence-corrected chi connectivity index (χ1v) is 6.66. The predicted molar refractivity (Wildman–Crippen MR) is 75.6 cm³/mol.